The van der Waals surface area contributed by atoms with Gasteiger partial charge in [0.2, 0.25) is 0 Å². The summed E-state index contributed by atoms with van der Waals surface area (Å²) in [5, 5.41) is 6.19. The second kappa shape index (κ2) is 6.63. The van der Waals surface area contributed by atoms with E-state index in [4.69, 9.17) is 0 Å². The van der Waals surface area contributed by atoms with Crippen LogP contribution in [0.3, 0.4) is 0 Å². The second-order valence-electron chi connectivity index (χ2n) is 4.35. The van der Waals surface area contributed by atoms with Gasteiger partial charge in [-0.25, -0.2) is 9.37 Å². The van der Waals surface area contributed by atoms with Crippen molar-refractivity contribution in [3.8, 4) is 0 Å². The number of thiazole rings is 1. The average molecular weight is 279 g/mol. The maximum absolute atomic E-state index is 13.6. The van der Waals surface area contributed by atoms with Crippen LogP contribution >= 0.6 is 11.3 Å². The zero-order chi connectivity index (χ0) is 13.7. The van der Waals surface area contributed by atoms with Gasteiger partial charge in [0.05, 0.1) is 5.69 Å². The molecule has 3 nitrogen and oxygen atoms in total. The van der Waals surface area contributed by atoms with Crippen molar-refractivity contribution in [1.82, 2.24) is 10.3 Å². The first-order valence-corrected chi connectivity index (χ1v) is 7.18. The summed E-state index contributed by atoms with van der Waals surface area (Å²) in [5.41, 5.74) is 1.72. The Kier molecular flexibility index (Phi) is 4.87. The van der Waals surface area contributed by atoms with Crippen molar-refractivity contribution in [3.63, 3.8) is 0 Å². The highest BCUT2D eigenvalue weighted by Gasteiger charge is 2.09. The zero-order valence-corrected chi connectivity index (χ0v) is 12.0. The predicted octanol–water partition coefficient (Wildman–Crippen LogP) is 3.03. The minimum absolute atomic E-state index is 0.168. The van der Waals surface area contributed by atoms with E-state index in [1.165, 1.54) is 6.07 Å². The lowest BCUT2D eigenvalue weighted by molar-refractivity contribution is 0.607. The number of aromatic nitrogens is 1. The molecule has 1 N–H and O–H groups in total. The Morgan fingerprint density at radius 3 is 2.89 bits per heavy atom. The third kappa shape index (κ3) is 3.75. The fourth-order valence-corrected chi connectivity index (χ4v) is 2.55. The van der Waals surface area contributed by atoms with Gasteiger partial charge >= 0.3 is 0 Å². The Balaban J connectivity index is 2.01. The lowest BCUT2D eigenvalue weighted by Gasteiger charge is -2.16. The number of anilines is 1. The highest BCUT2D eigenvalue weighted by Crippen LogP contribution is 2.21. The van der Waals surface area contributed by atoms with Crippen molar-refractivity contribution in [2.24, 2.45) is 0 Å². The molecule has 0 radical (unpaired) electrons. The molecule has 0 unspecified atom stereocenters. The molecule has 0 saturated heterocycles. The number of halogens is 1. The van der Waals surface area contributed by atoms with Gasteiger partial charge in [-0.1, -0.05) is 25.1 Å². The van der Waals surface area contributed by atoms with Crippen LogP contribution in [0.1, 0.15) is 18.2 Å². The van der Waals surface area contributed by atoms with Crippen LogP contribution in [-0.4, -0.2) is 18.6 Å². The molecule has 2 aromatic rings. The van der Waals surface area contributed by atoms with Crippen molar-refractivity contribution >= 4 is 16.5 Å². The molecular weight excluding hydrogens is 261 g/mol. The molecule has 5 heteroatoms. The van der Waals surface area contributed by atoms with Crippen LogP contribution in [0, 0.1) is 5.82 Å². The van der Waals surface area contributed by atoms with E-state index in [2.05, 4.69) is 17.2 Å². The standard InChI is InChI=1S/C14H18FN3S/c1-3-16-8-12-10-19-14(17-12)18(2)9-11-6-4-5-7-13(11)15/h4-7,10,16H,3,8-9H2,1-2H3. The van der Waals surface area contributed by atoms with E-state index in [1.807, 2.05) is 23.4 Å². The van der Waals surface area contributed by atoms with Gasteiger partial charge in [0, 0.05) is 31.1 Å². The molecule has 2 rings (SSSR count). The van der Waals surface area contributed by atoms with Crippen molar-refractivity contribution in [3.05, 3.63) is 46.7 Å². The molecule has 1 aromatic carbocycles. The third-order valence-electron chi connectivity index (χ3n) is 2.79. The Labute approximate surface area is 117 Å². The minimum atomic E-state index is -0.168. The smallest absolute Gasteiger partial charge is 0.185 e. The third-order valence-corrected chi connectivity index (χ3v) is 3.79. The van der Waals surface area contributed by atoms with Gasteiger partial charge in [0.25, 0.3) is 0 Å². The Morgan fingerprint density at radius 1 is 1.37 bits per heavy atom. The summed E-state index contributed by atoms with van der Waals surface area (Å²) in [6.07, 6.45) is 0. The van der Waals surface area contributed by atoms with Crippen molar-refractivity contribution < 1.29 is 4.39 Å². The van der Waals surface area contributed by atoms with E-state index in [0.29, 0.717) is 12.1 Å². The lowest BCUT2D eigenvalue weighted by Crippen LogP contribution is -2.17. The van der Waals surface area contributed by atoms with E-state index in [9.17, 15) is 4.39 Å². The van der Waals surface area contributed by atoms with Gasteiger partial charge in [-0.15, -0.1) is 11.3 Å². The molecule has 0 fully saturated rings. The molecule has 0 aliphatic rings. The number of rotatable bonds is 6. The van der Waals surface area contributed by atoms with Crippen LogP contribution in [0.4, 0.5) is 9.52 Å². The quantitative estimate of drug-likeness (QED) is 0.881. The first-order chi connectivity index (χ1) is 9.20. The van der Waals surface area contributed by atoms with Gasteiger partial charge in [-0.3, -0.25) is 0 Å². The number of hydrogen-bond donors (Lipinski definition) is 1. The number of benzene rings is 1. The Hall–Kier alpha value is -1.46. The van der Waals surface area contributed by atoms with Crippen LogP contribution in [-0.2, 0) is 13.1 Å². The van der Waals surface area contributed by atoms with E-state index in [-0.39, 0.29) is 5.82 Å². The van der Waals surface area contributed by atoms with Crippen molar-refractivity contribution in [2.75, 3.05) is 18.5 Å². The maximum Gasteiger partial charge on any atom is 0.185 e. The van der Waals surface area contributed by atoms with E-state index < -0.39 is 0 Å². The summed E-state index contributed by atoms with van der Waals surface area (Å²) >= 11 is 1.59. The van der Waals surface area contributed by atoms with Gasteiger partial charge in [-0.2, -0.15) is 0 Å². The molecular formula is C14H18FN3S. The summed E-state index contributed by atoms with van der Waals surface area (Å²) in [7, 11) is 1.93. The van der Waals surface area contributed by atoms with E-state index in [1.54, 1.807) is 23.5 Å². The average Bonchev–Trinajstić information content (AvgIpc) is 2.88. The molecule has 0 atom stereocenters. The Morgan fingerprint density at radius 2 is 2.16 bits per heavy atom. The molecule has 0 spiro atoms. The topological polar surface area (TPSA) is 28.2 Å². The number of nitrogens with one attached hydrogen (secondary N) is 1. The summed E-state index contributed by atoms with van der Waals surface area (Å²) in [6, 6.07) is 6.85. The van der Waals surface area contributed by atoms with Crippen LogP contribution in [0.5, 0.6) is 0 Å². The fourth-order valence-electron chi connectivity index (χ4n) is 1.76. The summed E-state index contributed by atoms with van der Waals surface area (Å²) in [5.74, 6) is -0.168. The minimum Gasteiger partial charge on any atom is -0.347 e. The van der Waals surface area contributed by atoms with Gasteiger partial charge < -0.3 is 10.2 Å². The van der Waals surface area contributed by atoms with Crippen LogP contribution in [0.2, 0.25) is 0 Å². The Bertz CT molecular complexity index is 527. The normalized spacial score (nSPS) is 10.7. The molecule has 1 aromatic heterocycles. The van der Waals surface area contributed by atoms with Crippen LogP contribution < -0.4 is 10.2 Å². The molecule has 0 aliphatic heterocycles. The molecule has 102 valence electrons. The van der Waals surface area contributed by atoms with E-state index in [0.717, 1.165) is 23.9 Å². The number of nitrogens with zero attached hydrogens (tertiary/aromatic N) is 2. The highest BCUT2D eigenvalue weighted by atomic mass is 32.1. The largest absolute Gasteiger partial charge is 0.347 e. The molecule has 1 heterocycles. The van der Waals surface area contributed by atoms with Gasteiger partial charge in [0.15, 0.2) is 5.13 Å². The van der Waals surface area contributed by atoms with Crippen LogP contribution in [0.25, 0.3) is 0 Å². The first-order valence-electron chi connectivity index (χ1n) is 6.30. The van der Waals surface area contributed by atoms with Crippen molar-refractivity contribution in [1.29, 1.82) is 0 Å². The molecule has 19 heavy (non-hydrogen) atoms. The zero-order valence-electron chi connectivity index (χ0n) is 11.2. The maximum atomic E-state index is 13.6. The van der Waals surface area contributed by atoms with E-state index >= 15 is 0 Å². The highest BCUT2D eigenvalue weighted by molar-refractivity contribution is 7.13. The summed E-state index contributed by atoms with van der Waals surface area (Å²) in [6.45, 7) is 4.30. The molecule has 0 aliphatic carbocycles. The summed E-state index contributed by atoms with van der Waals surface area (Å²) < 4.78 is 13.6. The molecule has 0 amide bonds. The fraction of sp³-hybridized carbons (Fsp3) is 0.357. The summed E-state index contributed by atoms with van der Waals surface area (Å²) in [4.78, 5) is 6.50. The van der Waals surface area contributed by atoms with Gasteiger partial charge in [0.1, 0.15) is 5.82 Å². The first kappa shape index (κ1) is 14.0. The van der Waals surface area contributed by atoms with Crippen LogP contribution in [0.15, 0.2) is 29.6 Å². The SMILES string of the molecule is CCNCc1csc(N(C)Cc2ccccc2F)n1. The second-order valence-corrected chi connectivity index (χ2v) is 5.19. The molecule has 0 bridgehead atoms. The van der Waals surface area contributed by atoms with Gasteiger partial charge in [-0.05, 0) is 12.6 Å². The monoisotopic (exact) mass is 279 g/mol. The predicted molar refractivity (Wildman–Crippen MR) is 78.0 cm³/mol. The molecule has 0 saturated carbocycles. The number of hydrogen-bond acceptors (Lipinski definition) is 4. The lowest BCUT2D eigenvalue weighted by atomic mass is 10.2. The van der Waals surface area contributed by atoms with Crippen molar-refractivity contribution in [2.45, 2.75) is 20.0 Å².